The van der Waals surface area contributed by atoms with E-state index in [-0.39, 0.29) is 5.91 Å². The van der Waals surface area contributed by atoms with Gasteiger partial charge in [-0.2, -0.15) is 10.2 Å². The van der Waals surface area contributed by atoms with Gasteiger partial charge in [-0.25, -0.2) is 9.07 Å². The van der Waals surface area contributed by atoms with Gasteiger partial charge in [0.25, 0.3) is 5.91 Å². The number of anilines is 1. The molecule has 0 spiro atoms. The van der Waals surface area contributed by atoms with Gasteiger partial charge in [0.1, 0.15) is 6.04 Å². The highest BCUT2D eigenvalue weighted by Gasteiger charge is 2.32. The Hall–Kier alpha value is -3.16. The van der Waals surface area contributed by atoms with Gasteiger partial charge in [0.05, 0.1) is 29.0 Å². The van der Waals surface area contributed by atoms with E-state index in [1.807, 2.05) is 36.4 Å². The molecular weight excluding hydrogens is 383 g/mol. The lowest BCUT2D eigenvalue weighted by Crippen LogP contribution is -2.41. The quantitative estimate of drug-likeness (QED) is 0.765. The van der Waals surface area contributed by atoms with E-state index in [1.54, 1.807) is 23.2 Å². The Labute approximate surface area is 175 Å². The van der Waals surface area contributed by atoms with Gasteiger partial charge >= 0.3 is 0 Å². The van der Waals surface area contributed by atoms with Crippen molar-refractivity contribution in [3.63, 3.8) is 0 Å². The number of halogens is 1. The highest BCUT2D eigenvalue weighted by Crippen LogP contribution is 2.32. The molecule has 4 heterocycles. The summed E-state index contributed by atoms with van der Waals surface area (Å²) < 4.78 is 16.9. The van der Waals surface area contributed by atoms with Crippen molar-refractivity contribution in [2.75, 3.05) is 11.4 Å². The Bertz CT molecular complexity index is 1050. The zero-order chi connectivity index (χ0) is 21.4. The maximum atomic E-state index is 13.6. The van der Waals surface area contributed by atoms with Gasteiger partial charge < -0.3 is 10.2 Å². The third-order valence-electron chi connectivity index (χ3n) is 5.60. The topological polar surface area (TPSA) is 68.0 Å². The van der Waals surface area contributed by atoms with E-state index in [0.717, 1.165) is 46.9 Å². The highest BCUT2D eigenvalue weighted by atomic mass is 19.1. The van der Waals surface area contributed by atoms with Crippen LogP contribution < -0.4 is 10.2 Å². The summed E-state index contributed by atoms with van der Waals surface area (Å²) in [5.74, 6) is 0.00702. The smallest absolute Gasteiger partial charge is 0.251 e. The highest BCUT2D eigenvalue weighted by molar-refractivity contribution is 5.97. The van der Waals surface area contributed by atoms with Crippen LogP contribution in [0.2, 0.25) is 0 Å². The standard InChI is InChI=1S/C22H27FN6O/c1-5-18(28-15(4)11-17(26-28)14(2)3)22(30)27-10-6-7-19-20(27)13-25-29(19)16-8-9-21(23)24-12-16/h8-9,11-13,18,21,24H,2,5-7,10H2,1,3-4H3. The monoisotopic (exact) mass is 410 g/mol. The zero-order valence-electron chi connectivity index (χ0n) is 17.6. The number of aromatic nitrogens is 4. The predicted octanol–water partition coefficient (Wildman–Crippen LogP) is 3.61. The molecule has 0 fully saturated rings. The Morgan fingerprint density at radius 3 is 2.90 bits per heavy atom. The van der Waals surface area contributed by atoms with Crippen molar-refractivity contribution in [3.8, 4) is 0 Å². The van der Waals surface area contributed by atoms with E-state index in [0.29, 0.717) is 13.0 Å². The van der Waals surface area contributed by atoms with Crippen molar-refractivity contribution in [1.29, 1.82) is 0 Å². The van der Waals surface area contributed by atoms with E-state index >= 15 is 0 Å². The van der Waals surface area contributed by atoms with Crippen molar-refractivity contribution >= 4 is 22.9 Å². The molecule has 7 nitrogen and oxygen atoms in total. The van der Waals surface area contributed by atoms with Gasteiger partial charge in [-0.1, -0.05) is 13.5 Å². The second-order valence-corrected chi connectivity index (χ2v) is 7.80. The summed E-state index contributed by atoms with van der Waals surface area (Å²) in [5.41, 5.74) is 5.13. The molecule has 30 heavy (non-hydrogen) atoms. The zero-order valence-corrected chi connectivity index (χ0v) is 17.6. The van der Waals surface area contributed by atoms with Gasteiger partial charge in [-0.3, -0.25) is 9.48 Å². The number of nitrogens with one attached hydrogen (secondary N) is 1. The third kappa shape index (κ3) is 3.46. The number of carbonyl (C=O) groups is 1. The molecule has 2 aliphatic heterocycles. The number of alkyl halides is 1. The van der Waals surface area contributed by atoms with E-state index < -0.39 is 12.3 Å². The molecule has 2 unspecified atom stereocenters. The number of dihydropyridines is 1. The molecule has 0 aromatic carbocycles. The molecule has 2 atom stereocenters. The minimum Gasteiger partial charge on any atom is -0.357 e. The number of aryl methyl sites for hydroxylation is 1. The van der Waals surface area contributed by atoms with Crippen LogP contribution in [0.4, 0.5) is 10.1 Å². The third-order valence-corrected chi connectivity index (χ3v) is 5.60. The molecule has 2 aromatic heterocycles. The first kappa shape index (κ1) is 20.1. The molecule has 0 saturated carbocycles. The Morgan fingerprint density at radius 1 is 1.47 bits per heavy atom. The number of amides is 1. The van der Waals surface area contributed by atoms with Gasteiger partial charge in [0.15, 0.2) is 6.30 Å². The number of allylic oxidation sites excluding steroid dienone is 3. The normalized spacial score (nSPS) is 19.1. The number of fused-ring (bicyclic) bond motifs is 1. The van der Waals surface area contributed by atoms with Gasteiger partial charge in [0, 0.05) is 18.4 Å². The van der Waals surface area contributed by atoms with E-state index in [9.17, 15) is 9.18 Å². The Balaban J connectivity index is 1.65. The molecule has 158 valence electrons. The van der Waals surface area contributed by atoms with Gasteiger partial charge in [-0.05, 0) is 56.9 Å². The first-order valence-electron chi connectivity index (χ1n) is 10.3. The van der Waals surface area contributed by atoms with Crippen LogP contribution in [0, 0.1) is 6.92 Å². The molecule has 0 saturated heterocycles. The molecule has 0 radical (unpaired) electrons. The second-order valence-electron chi connectivity index (χ2n) is 7.80. The van der Waals surface area contributed by atoms with Crippen LogP contribution in [0.5, 0.6) is 0 Å². The summed E-state index contributed by atoms with van der Waals surface area (Å²) in [6.45, 7) is 10.5. The maximum Gasteiger partial charge on any atom is 0.251 e. The molecule has 4 rings (SSSR count). The minimum absolute atomic E-state index is 0.00702. The van der Waals surface area contributed by atoms with Gasteiger partial charge in [-0.15, -0.1) is 0 Å². The summed E-state index contributed by atoms with van der Waals surface area (Å²) in [6, 6.07) is 1.57. The van der Waals surface area contributed by atoms with Crippen LogP contribution in [0.15, 0.2) is 37.2 Å². The number of carbonyl (C=O) groups excluding carboxylic acids is 1. The SMILES string of the molecule is C=C(C)c1cc(C)n(C(CC)C(=O)N2CCCc3c2cnn3C2=CNC(F)C=C2)n1. The lowest BCUT2D eigenvalue weighted by molar-refractivity contribution is -0.122. The van der Waals surface area contributed by atoms with E-state index in [2.05, 4.69) is 22.1 Å². The fraction of sp³-hybridized carbons (Fsp3) is 0.409. The van der Waals surface area contributed by atoms with Crippen LogP contribution in [-0.4, -0.2) is 38.3 Å². The van der Waals surface area contributed by atoms with Crippen molar-refractivity contribution in [1.82, 2.24) is 24.9 Å². The van der Waals surface area contributed by atoms with E-state index in [1.165, 1.54) is 6.08 Å². The second kappa shape index (κ2) is 7.93. The maximum absolute atomic E-state index is 13.6. The fourth-order valence-electron chi connectivity index (χ4n) is 4.03. The lowest BCUT2D eigenvalue weighted by Gasteiger charge is -2.31. The number of nitrogens with zero attached hydrogens (tertiary/aromatic N) is 5. The molecule has 2 aliphatic rings. The van der Waals surface area contributed by atoms with E-state index in [4.69, 9.17) is 0 Å². The van der Waals surface area contributed by atoms with Crippen molar-refractivity contribution in [2.45, 2.75) is 52.4 Å². The first-order valence-corrected chi connectivity index (χ1v) is 10.3. The summed E-state index contributed by atoms with van der Waals surface area (Å²) in [5, 5.41) is 11.8. The van der Waals surface area contributed by atoms with Crippen LogP contribution in [0.3, 0.4) is 0 Å². The molecule has 8 heteroatoms. The molecular formula is C22H27FN6O. The van der Waals surface area contributed by atoms with Crippen molar-refractivity contribution in [3.05, 3.63) is 54.3 Å². The van der Waals surface area contributed by atoms with Crippen molar-refractivity contribution < 1.29 is 9.18 Å². The first-order chi connectivity index (χ1) is 14.4. The van der Waals surface area contributed by atoms with Crippen LogP contribution in [-0.2, 0) is 11.2 Å². The average molecular weight is 410 g/mol. The number of hydrogen-bond donors (Lipinski definition) is 1. The summed E-state index contributed by atoms with van der Waals surface area (Å²) in [4.78, 5) is 15.4. The predicted molar refractivity (Wildman–Crippen MR) is 115 cm³/mol. The summed E-state index contributed by atoms with van der Waals surface area (Å²) in [6.07, 6.45) is 7.58. The summed E-state index contributed by atoms with van der Waals surface area (Å²) in [7, 11) is 0. The minimum atomic E-state index is -1.19. The molecule has 1 amide bonds. The van der Waals surface area contributed by atoms with Crippen LogP contribution >= 0.6 is 0 Å². The fourth-order valence-corrected chi connectivity index (χ4v) is 4.03. The molecule has 0 bridgehead atoms. The number of rotatable bonds is 5. The van der Waals surface area contributed by atoms with Gasteiger partial charge in [0.2, 0.25) is 0 Å². The van der Waals surface area contributed by atoms with Crippen molar-refractivity contribution in [2.24, 2.45) is 0 Å². The van der Waals surface area contributed by atoms with Crippen LogP contribution in [0.25, 0.3) is 11.3 Å². The lowest BCUT2D eigenvalue weighted by atomic mass is 10.1. The molecule has 2 aromatic rings. The Morgan fingerprint density at radius 2 is 2.27 bits per heavy atom. The number of hydrogen-bond acceptors (Lipinski definition) is 4. The summed E-state index contributed by atoms with van der Waals surface area (Å²) >= 11 is 0. The Kier molecular flexibility index (Phi) is 5.32. The average Bonchev–Trinajstić information content (AvgIpc) is 3.33. The van der Waals surface area contributed by atoms with Crippen LogP contribution in [0.1, 0.15) is 49.8 Å². The molecule has 1 N–H and O–H groups in total. The molecule has 0 aliphatic carbocycles. The largest absolute Gasteiger partial charge is 0.357 e.